The average molecular weight is 289 g/mol. The van der Waals surface area contributed by atoms with Crippen LogP contribution in [0.2, 0.25) is 0 Å². The van der Waals surface area contributed by atoms with Gasteiger partial charge in [0.25, 0.3) is 0 Å². The number of nitrogens with zero attached hydrogens (tertiary/aromatic N) is 2. The number of aromatic nitrogens is 2. The largest absolute Gasteiger partial charge is 0.339 e. The minimum atomic E-state index is 0.578. The van der Waals surface area contributed by atoms with Gasteiger partial charge in [-0.15, -0.1) is 0 Å². The summed E-state index contributed by atoms with van der Waals surface area (Å²) in [6.45, 7) is 1.79. The molecule has 0 saturated carbocycles. The fraction of sp³-hybridized carbons (Fsp3) is 0.0769. The normalized spacial score (nSPS) is 10.9. The van der Waals surface area contributed by atoms with Crippen molar-refractivity contribution in [1.29, 1.82) is 0 Å². The van der Waals surface area contributed by atoms with Gasteiger partial charge in [0, 0.05) is 17.0 Å². The number of rotatable bonds is 1. The molecule has 0 unspecified atom stereocenters. The van der Waals surface area contributed by atoms with Crippen molar-refractivity contribution in [1.82, 2.24) is 10.1 Å². The Kier molecular flexibility index (Phi) is 2.44. The Hall–Kier alpha value is -1.68. The van der Waals surface area contributed by atoms with Gasteiger partial charge in [-0.3, -0.25) is 0 Å². The van der Waals surface area contributed by atoms with Gasteiger partial charge in [0.2, 0.25) is 11.7 Å². The lowest BCUT2D eigenvalue weighted by Crippen LogP contribution is -1.82. The van der Waals surface area contributed by atoms with Gasteiger partial charge in [-0.2, -0.15) is 4.98 Å². The molecule has 1 heterocycles. The van der Waals surface area contributed by atoms with E-state index in [2.05, 4.69) is 44.3 Å². The van der Waals surface area contributed by atoms with Gasteiger partial charge in [0.15, 0.2) is 0 Å². The SMILES string of the molecule is Cc1nc(-c2ccc3c(Br)cccc3c2)no1. The third-order valence-electron chi connectivity index (χ3n) is 2.61. The minimum absolute atomic E-state index is 0.578. The van der Waals surface area contributed by atoms with E-state index in [9.17, 15) is 0 Å². The van der Waals surface area contributed by atoms with E-state index in [1.54, 1.807) is 6.92 Å². The molecule has 0 bridgehead atoms. The Morgan fingerprint density at radius 2 is 2.06 bits per heavy atom. The number of aryl methyl sites for hydroxylation is 1. The molecule has 0 atom stereocenters. The van der Waals surface area contributed by atoms with Crippen LogP contribution in [0, 0.1) is 6.92 Å². The van der Waals surface area contributed by atoms with Crippen molar-refractivity contribution in [3.63, 3.8) is 0 Å². The monoisotopic (exact) mass is 288 g/mol. The molecule has 0 N–H and O–H groups in total. The third kappa shape index (κ3) is 1.85. The maximum Gasteiger partial charge on any atom is 0.223 e. The van der Waals surface area contributed by atoms with Crippen molar-refractivity contribution in [2.75, 3.05) is 0 Å². The molecule has 17 heavy (non-hydrogen) atoms. The lowest BCUT2D eigenvalue weighted by atomic mass is 10.1. The first kappa shape index (κ1) is 10.5. The molecular weight excluding hydrogens is 280 g/mol. The van der Waals surface area contributed by atoms with Crippen molar-refractivity contribution >= 4 is 26.7 Å². The molecule has 3 rings (SSSR count). The van der Waals surface area contributed by atoms with E-state index < -0.39 is 0 Å². The summed E-state index contributed by atoms with van der Waals surface area (Å²) < 4.78 is 6.07. The Morgan fingerprint density at radius 3 is 2.82 bits per heavy atom. The molecule has 84 valence electrons. The van der Waals surface area contributed by atoms with E-state index in [1.165, 1.54) is 5.39 Å². The topological polar surface area (TPSA) is 38.9 Å². The zero-order valence-corrected chi connectivity index (χ0v) is 10.7. The second kappa shape index (κ2) is 3.96. The zero-order chi connectivity index (χ0) is 11.8. The molecule has 0 spiro atoms. The molecule has 3 nitrogen and oxygen atoms in total. The molecule has 3 aromatic rings. The third-order valence-corrected chi connectivity index (χ3v) is 3.30. The number of hydrogen-bond donors (Lipinski definition) is 0. The summed E-state index contributed by atoms with van der Waals surface area (Å²) in [6, 6.07) is 12.2. The fourth-order valence-electron chi connectivity index (χ4n) is 1.80. The number of hydrogen-bond acceptors (Lipinski definition) is 3. The quantitative estimate of drug-likeness (QED) is 0.680. The van der Waals surface area contributed by atoms with Crippen LogP contribution in [0.4, 0.5) is 0 Å². The highest BCUT2D eigenvalue weighted by molar-refractivity contribution is 9.10. The highest BCUT2D eigenvalue weighted by Crippen LogP contribution is 2.27. The average Bonchev–Trinajstić information content (AvgIpc) is 2.76. The van der Waals surface area contributed by atoms with E-state index in [0.29, 0.717) is 11.7 Å². The molecule has 0 aliphatic heterocycles. The fourth-order valence-corrected chi connectivity index (χ4v) is 2.31. The smallest absolute Gasteiger partial charge is 0.223 e. The van der Waals surface area contributed by atoms with Crippen LogP contribution < -0.4 is 0 Å². The molecule has 2 aromatic carbocycles. The highest BCUT2D eigenvalue weighted by Gasteiger charge is 2.07. The van der Waals surface area contributed by atoms with Gasteiger partial charge in [0.05, 0.1) is 0 Å². The summed E-state index contributed by atoms with van der Waals surface area (Å²) in [7, 11) is 0. The van der Waals surface area contributed by atoms with Crippen molar-refractivity contribution in [2.45, 2.75) is 6.92 Å². The van der Waals surface area contributed by atoms with Gasteiger partial charge in [0.1, 0.15) is 0 Å². The first-order valence-corrected chi connectivity index (χ1v) is 6.02. The van der Waals surface area contributed by atoms with Gasteiger partial charge >= 0.3 is 0 Å². The van der Waals surface area contributed by atoms with Gasteiger partial charge in [-0.1, -0.05) is 45.4 Å². The van der Waals surface area contributed by atoms with Gasteiger partial charge in [-0.05, 0) is 22.9 Å². The Morgan fingerprint density at radius 1 is 1.18 bits per heavy atom. The predicted octanol–water partition coefficient (Wildman–Crippen LogP) is 3.96. The van der Waals surface area contributed by atoms with Gasteiger partial charge in [-0.25, -0.2) is 0 Å². The van der Waals surface area contributed by atoms with E-state index in [4.69, 9.17) is 4.52 Å². The molecular formula is C13H9BrN2O. The van der Waals surface area contributed by atoms with E-state index >= 15 is 0 Å². The van der Waals surface area contributed by atoms with Crippen LogP contribution in [0.3, 0.4) is 0 Å². The van der Waals surface area contributed by atoms with Crippen LogP contribution >= 0.6 is 15.9 Å². The molecule has 0 fully saturated rings. The van der Waals surface area contributed by atoms with Crippen molar-refractivity contribution in [2.24, 2.45) is 0 Å². The van der Waals surface area contributed by atoms with E-state index in [1.807, 2.05) is 18.2 Å². The second-order valence-electron chi connectivity index (χ2n) is 3.81. The minimum Gasteiger partial charge on any atom is -0.339 e. The van der Waals surface area contributed by atoms with Crippen LogP contribution in [0.25, 0.3) is 22.2 Å². The maximum absolute atomic E-state index is 4.98. The molecule has 0 radical (unpaired) electrons. The summed E-state index contributed by atoms with van der Waals surface area (Å²) in [5, 5.41) is 6.25. The Bertz CT molecular complexity index is 691. The molecule has 0 saturated heterocycles. The number of fused-ring (bicyclic) bond motifs is 1. The number of halogens is 1. The summed E-state index contributed by atoms with van der Waals surface area (Å²) in [5.74, 6) is 1.21. The predicted molar refractivity (Wildman–Crippen MR) is 69.7 cm³/mol. The number of benzene rings is 2. The molecule has 0 amide bonds. The summed E-state index contributed by atoms with van der Waals surface area (Å²) >= 11 is 3.53. The highest BCUT2D eigenvalue weighted by atomic mass is 79.9. The maximum atomic E-state index is 4.98. The molecule has 0 aliphatic rings. The lowest BCUT2D eigenvalue weighted by molar-refractivity contribution is 0.394. The molecule has 0 aliphatic carbocycles. The summed E-state index contributed by atoms with van der Waals surface area (Å²) in [5.41, 5.74) is 0.965. The first-order valence-electron chi connectivity index (χ1n) is 5.23. The molecule has 4 heteroatoms. The summed E-state index contributed by atoms with van der Waals surface area (Å²) in [4.78, 5) is 4.22. The zero-order valence-electron chi connectivity index (χ0n) is 9.14. The van der Waals surface area contributed by atoms with E-state index in [-0.39, 0.29) is 0 Å². The first-order chi connectivity index (χ1) is 8.24. The Balaban J connectivity index is 2.20. The Labute approximate surface area is 107 Å². The van der Waals surface area contributed by atoms with Crippen LogP contribution in [-0.4, -0.2) is 10.1 Å². The van der Waals surface area contributed by atoms with Crippen molar-refractivity contribution in [3.8, 4) is 11.4 Å². The van der Waals surface area contributed by atoms with Crippen LogP contribution in [0.1, 0.15) is 5.89 Å². The molecule has 1 aromatic heterocycles. The van der Waals surface area contributed by atoms with E-state index in [0.717, 1.165) is 15.4 Å². The van der Waals surface area contributed by atoms with Crippen molar-refractivity contribution in [3.05, 3.63) is 46.8 Å². The van der Waals surface area contributed by atoms with Gasteiger partial charge < -0.3 is 4.52 Å². The van der Waals surface area contributed by atoms with Crippen LogP contribution in [0.5, 0.6) is 0 Å². The lowest BCUT2D eigenvalue weighted by Gasteiger charge is -2.01. The van der Waals surface area contributed by atoms with Crippen LogP contribution in [-0.2, 0) is 0 Å². The summed E-state index contributed by atoms with van der Waals surface area (Å²) in [6.07, 6.45) is 0. The van der Waals surface area contributed by atoms with Crippen molar-refractivity contribution < 1.29 is 4.52 Å². The standard InChI is InChI=1S/C13H9BrN2O/c1-8-15-13(16-17-8)10-5-6-11-9(7-10)3-2-4-12(11)14/h2-7H,1H3. The van der Waals surface area contributed by atoms with Crippen LogP contribution in [0.15, 0.2) is 45.4 Å². The second-order valence-corrected chi connectivity index (χ2v) is 4.67.